The lowest BCUT2D eigenvalue weighted by atomic mass is 10.5. The van der Waals surface area contributed by atoms with Crippen molar-refractivity contribution in [2.24, 2.45) is 0 Å². The Hall–Kier alpha value is -2.01. The van der Waals surface area contributed by atoms with E-state index >= 15 is 0 Å². The van der Waals surface area contributed by atoms with Crippen molar-refractivity contribution < 1.29 is 9.59 Å². The zero-order valence-electron chi connectivity index (χ0n) is 6.85. The molecule has 1 aromatic rings. The molecule has 0 aromatic carbocycles. The molecule has 0 spiro atoms. The van der Waals surface area contributed by atoms with Crippen LogP contribution in [-0.2, 0) is 9.59 Å². The van der Waals surface area contributed by atoms with Crippen molar-refractivity contribution in [3.63, 3.8) is 0 Å². The maximum atomic E-state index is 11.0. The largest absolute Gasteiger partial charge is 0.335 e. The third-order valence-electron chi connectivity index (χ3n) is 1.13. The summed E-state index contributed by atoms with van der Waals surface area (Å²) in [5.41, 5.74) is 0. The quantitative estimate of drug-likeness (QED) is 0.487. The molecule has 14 heavy (non-hydrogen) atoms. The van der Waals surface area contributed by atoms with Gasteiger partial charge in [0.05, 0.1) is 12.3 Å². The van der Waals surface area contributed by atoms with Crippen LogP contribution in [0.4, 0.5) is 5.00 Å². The first kappa shape index (κ1) is 10.1. The standard InChI is InChI=1S/C6H5N5O2S/c7-1-2-8-5(12)6(13)10-4-3-9-11-14-4/h3H,2H2,(H,8,12)(H,10,13). The molecule has 2 amide bonds. The van der Waals surface area contributed by atoms with Crippen molar-refractivity contribution in [1.29, 1.82) is 5.26 Å². The van der Waals surface area contributed by atoms with Crippen molar-refractivity contribution in [2.45, 2.75) is 0 Å². The van der Waals surface area contributed by atoms with E-state index in [1.807, 2.05) is 0 Å². The van der Waals surface area contributed by atoms with Crippen LogP contribution in [0.3, 0.4) is 0 Å². The Labute approximate surface area is 82.9 Å². The molecule has 0 aliphatic carbocycles. The van der Waals surface area contributed by atoms with Crippen molar-refractivity contribution in [3.8, 4) is 6.07 Å². The molecule has 1 heterocycles. The number of rotatable bonds is 2. The Kier molecular flexibility index (Phi) is 3.51. The Bertz CT molecular complexity index is 368. The van der Waals surface area contributed by atoms with E-state index in [-0.39, 0.29) is 6.54 Å². The number of hydrogen-bond donors (Lipinski definition) is 2. The highest BCUT2D eigenvalue weighted by atomic mass is 32.1. The Morgan fingerprint density at radius 3 is 2.93 bits per heavy atom. The molecule has 0 unspecified atom stereocenters. The second kappa shape index (κ2) is 4.88. The first-order valence-corrected chi connectivity index (χ1v) is 4.25. The number of carbonyl (C=O) groups is 2. The molecule has 0 bridgehead atoms. The molecule has 0 aliphatic rings. The summed E-state index contributed by atoms with van der Waals surface area (Å²) in [5, 5.41) is 16.3. The van der Waals surface area contributed by atoms with Crippen LogP contribution in [0.25, 0.3) is 0 Å². The lowest BCUT2D eigenvalue weighted by molar-refractivity contribution is -0.136. The summed E-state index contributed by atoms with van der Waals surface area (Å²) in [5.74, 6) is -1.70. The Morgan fingerprint density at radius 1 is 1.57 bits per heavy atom. The zero-order chi connectivity index (χ0) is 10.4. The second-order valence-electron chi connectivity index (χ2n) is 2.08. The van der Waals surface area contributed by atoms with E-state index in [0.717, 1.165) is 11.5 Å². The van der Waals surface area contributed by atoms with E-state index in [4.69, 9.17) is 5.26 Å². The van der Waals surface area contributed by atoms with Crippen molar-refractivity contribution in [1.82, 2.24) is 14.9 Å². The number of amides is 2. The fraction of sp³-hybridized carbons (Fsp3) is 0.167. The molecule has 2 N–H and O–H groups in total. The second-order valence-corrected chi connectivity index (χ2v) is 2.86. The molecule has 7 nitrogen and oxygen atoms in total. The molecular weight excluding hydrogens is 206 g/mol. The van der Waals surface area contributed by atoms with Crippen LogP contribution >= 0.6 is 11.5 Å². The highest BCUT2D eigenvalue weighted by molar-refractivity contribution is 7.10. The molecule has 72 valence electrons. The normalized spacial score (nSPS) is 8.79. The van der Waals surface area contributed by atoms with E-state index in [2.05, 4.69) is 20.2 Å². The van der Waals surface area contributed by atoms with Gasteiger partial charge in [-0.3, -0.25) is 9.59 Å². The van der Waals surface area contributed by atoms with Gasteiger partial charge in [0.15, 0.2) is 0 Å². The third kappa shape index (κ3) is 2.80. The third-order valence-corrected chi connectivity index (χ3v) is 1.71. The maximum Gasteiger partial charge on any atom is 0.314 e. The highest BCUT2D eigenvalue weighted by Crippen LogP contribution is 2.08. The van der Waals surface area contributed by atoms with Crippen LogP contribution < -0.4 is 10.6 Å². The Balaban J connectivity index is 2.43. The molecule has 0 fully saturated rings. The van der Waals surface area contributed by atoms with Crippen LogP contribution in [0, 0.1) is 11.3 Å². The summed E-state index contributed by atoms with van der Waals surface area (Å²) in [7, 11) is 0. The Morgan fingerprint density at radius 2 is 2.36 bits per heavy atom. The van der Waals surface area contributed by atoms with Gasteiger partial charge < -0.3 is 10.6 Å². The molecule has 0 aliphatic heterocycles. The summed E-state index contributed by atoms with van der Waals surface area (Å²) in [6.07, 6.45) is 1.32. The lowest BCUT2D eigenvalue weighted by Gasteiger charge is -1.99. The van der Waals surface area contributed by atoms with Gasteiger partial charge in [0.2, 0.25) is 0 Å². The molecule has 0 radical (unpaired) electrons. The summed E-state index contributed by atoms with van der Waals surface area (Å²) in [6, 6.07) is 1.68. The first-order chi connectivity index (χ1) is 6.74. The minimum absolute atomic E-state index is 0.201. The minimum Gasteiger partial charge on any atom is -0.335 e. The molecular formula is C6H5N5O2S. The number of nitrogens with zero attached hydrogens (tertiary/aromatic N) is 3. The summed E-state index contributed by atoms with van der Waals surface area (Å²) in [6.45, 7) is -0.201. The van der Waals surface area contributed by atoms with E-state index < -0.39 is 11.8 Å². The molecule has 0 saturated heterocycles. The van der Waals surface area contributed by atoms with Gasteiger partial charge in [0, 0.05) is 11.5 Å². The maximum absolute atomic E-state index is 11.0. The van der Waals surface area contributed by atoms with E-state index in [0.29, 0.717) is 5.00 Å². The van der Waals surface area contributed by atoms with E-state index in [1.165, 1.54) is 6.20 Å². The van der Waals surface area contributed by atoms with Crippen LogP contribution in [-0.4, -0.2) is 27.9 Å². The van der Waals surface area contributed by atoms with Gasteiger partial charge in [-0.2, -0.15) is 5.26 Å². The van der Waals surface area contributed by atoms with Crippen LogP contribution in [0.15, 0.2) is 6.20 Å². The smallest absolute Gasteiger partial charge is 0.314 e. The van der Waals surface area contributed by atoms with Crippen LogP contribution in [0.2, 0.25) is 0 Å². The van der Waals surface area contributed by atoms with Gasteiger partial charge in [0.1, 0.15) is 11.5 Å². The number of aromatic nitrogens is 2. The number of hydrogen-bond acceptors (Lipinski definition) is 6. The summed E-state index contributed by atoms with van der Waals surface area (Å²) < 4.78 is 3.49. The van der Waals surface area contributed by atoms with Gasteiger partial charge in [-0.15, -0.1) is 5.10 Å². The number of carbonyl (C=O) groups excluding carboxylic acids is 2. The SMILES string of the molecule is N#CCNC(=O)C(=O)Nc1cnns1. The van der Waals surface area contributed by atoms with Gasteiger partial charge in [-0.25, -0.2) is 0 Å². The fourth-order valence-corrected chi connectivity index (χ4v) is 1.01. The number of nitrogens with one attached hydrogen (secondary N) is 2. The van der Waals surface area contributed by atoms with Crippen LogP contribution in [0.1, 0.15) is 0 Å². The van der Waals surface area contributed by atoms with Crippen molar-refractivity contribution >= 4 is 28.3 Å². The summed E-state index contributed by atoms with van der Waals surface area (Å²) in [4.78, 5) is 22.0. The number of anilines is 1. The molecule has 1 rings (SSSR count). The first-order valence-electron chi connectivity index (χ1n) is 3.47. The van der Waals surface area contributed by atoms with Gasteiger partial charge in [0.25, 0.3) is 0 Å². The number of nitriles is 1. The monoisotopic (exact) mass is 211 g/mol. The summed E-state index contributed by atoms with van der Waals surface area (Å²) >= 11 is 0.954. The average molecular weight is 211 g/mol. The topological polar surface area (TPSA) is 108 Å². The molecule has 8 heteroatoms. The lowest BCUT2D eigenvalue weighted by Crippen LogP contribution is -2.35. The van der Waals surface area contributed by atoms with Gasteiger partial charge in [-0.05, 0) is 0 Å². The fourth-order valence-electron chi connectivity index (χ4n) is 0.591. The minimum atomic E-state index is -0.861. The molecule has 0 atom stereocenters. The molecule has 1 aromatic heterocycles. The van der Waals surface area contributed by atoms with Crippen molar-refractivity contribution in [2.75, 3.05) is 11.9 Å². The van der Waals surface area contributed by atoms with Gasteiger partial charge in [-0.1, -0.05) is 4.49 Å². The molecule has 0 saturated carbocycles. The van der Waals surface area contributed by atoms with Crippen LogP contribution in [0.5, 0.6) is 0 Å². The van der Waals surface area contributed by atoms with E-state index in [1.54, 1.807) is 6.07 Å². The predicted octanol–water partition coefficient (Wildman–Crippen LogP) is -0.884. The van der Waals surface area contributed by atoms with Crippen molar-refractivity contribution in [3.05, 3.63) is 6.20 Å². The zero-order valence-corrected chi connectivity index (χ0v) is 7.67. The van der Waals surface area contributed by atoms with Gasteiger partial charge >= 0.3 is 11.8 Å². The predicted molar refractivity (Wildman–Crippen MR) is 47.2 cm³/mol. The highest BCUT2D eigenvalue weighted by Gasteiger charge is 2.13. The average Bonchev–Trinajstić information content (AvgIpc) is 2.66. The van der Waals surface area contributed by atoms with E-state index in [9.17, 15) is 9.59 Å².